The summed E-state index contributed by atoms with van der Waals surface area (Å²) < 4.78 is 16.2. The van der Waals surface area contributed by atoms with Gasteiger partial charge in [0.1, 0.15) is 17.5 Å². The smallest absolute Gasteiger partial charge is 0.394 e. The summed E-state index contributed by atoms with van der Waals surface area (Å²) in [5.74, 6) is -0.477. The number of carbonyl (C=O) groups excluding carboxylic acids is 1. The molecule has 3 heterocycles. The van der Waals surface area contributed by atoms with Gasteiger partial charge in [-0.3, -0.25) is 4.68 Å². The quantitative estimate of drug-likeness (QED) is 0.522. The fourth-order valence-electron chi connectivity index (χ4n) is 1.86. The van der Waals surface area contributed by atoms with E-state index in [0.717, 1.165) is 0 Å². The van der Waals surface area contributed by atoms with Gasteiger partial charge in [-0.15, -0.1) is 0 Å². The molecule has 0 aliphatic heterocycles. The lowest BCUT2D eigenvalue weighted by atomic mass is 10.4. The van der Waals surface area contributed by atoms with Crippen LogP contribution in [-0.4, -0.2) is 44.9 Å². The highest BCUT2D eigenvalue weighted by molar-refractivity contribution is 6.28. The molecule has 22 heavy (non-hydrogen) atoms. The van der Waals surface area contributed by atoms with Gasteiger partial charge < -0.3 is 13.9 Å². The third-order valence-electron chi connectivity index (χ3n) is 2.78. The number of esters is 1. The van der Waals surface area contributed by atoms with Crippen molar-refractivity contribution in [3.05, 3.63) is 29.3 Å². The first-order valence-electron chi connectivity index (χ1n) is 6.08. The lowest BCUT2D eigenvalue weighted by Gasteiger charge is -1.98. The van der Waals surface area contributed by atoms with Crippen molar-refractivity contribution in [1.82, 2.24) is 24.7 Å². The molecule has 0 N–H and O–H groups in total. The van der Waals surface area contributed by atoms with Gasteiger partial charge in [-0.05, 0) is 11.6 Å². The zero-order valence-electron chi connectivity index (χ0n) is 11.6. The Kier molecular flexibility index (Phi) is 3.63. The number of hydrogen-bond donors (Lipinski definition) is 0. The van der Waals surface area contributed by atoms with Gasteiger partial charge in [-0.25, -0.2) is 14.8 Å². The van der Waals surface area contributed by atoms with Crippen molar-refractivity contribution in [2.45, 2.75) is 6.54 Å². The van der Waals surface area contributed by atoms with Crippen LogP contribution in [0.2, 0.25) is 5.28 Å². The van der Waals surface area contributed by atoms with E-state index in [1.54, 1.807) is 10.9 Å². The average Bonchev–Trinajstić information content (AvgIpc) is 3.12. The fourth-order valence-corrected chi connectivity index (χ4v) is 2.02. The second-order valence-electron chi connectivity index (χ2n) is 4.20. The molecule has 3 aromatic rings. The Morgan fingerprint density at radius 1 is 1.36 bits per heavy atom. The van der Waals surface area contributed by atoms with E-state index in [1.165, 1.54) is 20.5 Å². The minimum absolute atomic E-state index is 0.0679. The van der Waals surface area contributed by atoms with Crippen molar-refractivity contribution >= 4 is 28.6 Å². The van der Waals surface area contributed by atoms with E-state index in [9.17, 15) is 4.79 Å². The maximum atomic E-state index is 11.3. The summed E-state index contributed by atoms with van der Waals surface area (Å²) in [7, 11) is 2.72. The van der Waals surface area contributed by atoms with Crippen LogP contribution in [0.3, 0.4) is 0 Å². The van der Waals surface area contributed by atoms with Crippen LogP contribution in [0.4, 0.5) is 0 Å². The van der Waals surface area contributed by atoms with Crippen molar-refractivity contribution in [3.8, 4) is 5.88 Å². The predicted molar refractivity (Wildman–Crippen MR) is 73.8 cm³/mol. The Labute approximate surface area is 128 Å². The van der Waals surface area contributed by atoms with Crippen molar-refractivity contribution in [1.29, 1.82) is 0 Å². The molecule has 0 bridgehead atoms. The Morgan fingerprint density at radius 3 is 2.91 bits per heavy atom. The number of fused-ring (bicyclic) bond motifs is 1. The molecule has 0 atom stereocenters. The second-order valence-corrected chi connectivity index (χ2v) is 4.54. The summed E-state index contributed by atoms with van der Waals surface area (Å²) >= 11 is 5.81. The van der Waals surface area contributed by atoms with Gasteiger partial charge in [-0.2, -0.15) is 10.1 Å². The molecule has 3 rings (SSSR count). The number of methoxy groups -OCH3 is 2. The minimum Gasteiger partial charge on any atom is -0.479 e. The second kappa shape index (κ2) is 5.60. The van der Waals surface area contributed by atoms with E-state index in [0.29, 0.717) is 16.7 Å². The summed E-state index contributed by atoms with van der Waals surface area (Å²) in [5.41, 5.74) is 1.52. The van der Waals surface area contributed by atoms with Crippen molar-refractivity contribution in [2.24, 2.45) is 0 Å². The first-order chi connectivity index (χ1) is 10.6. The number of halogens is 1. The van der Waals surface area contributed by atoms with Crippen LogP contribution in [-0.2, 0) is 11.3 Å². The molecule has 0 aliphatic carbocycles. The molecule has 9 nitrogen and oxygen atoms in total. The van der Waals surface area contributed by atoms with Crippen LogP contribution >= 0.6 is 11.6 Å². The van der Waals surface area contributed by atoms with Crippen LogP contribution in [0.15, 0.2) is 16.9 Å². The Bertz CT molecular complexity index is 843. The Hall–Kier alpha value is -2.68. The molecule has 0 unspecified atom stereocenters. The average molecular weight is 324 g/mol. The molecule has 0 amide bonds. The normalized spacial score (nSPS) is 10.9. The molecule has 0 spiro atoms. The van der Waals surface area contributed by atoms with Gasteiger partial charge in [0, 0.05) is 0 Å². The zero-order valence-corrected chi connectivity index (χ0v) is 12.4. The first-order valence-corrected chi connectivity index (χ1v) is 6.46. The van der Waals surface area contributed by atoms with Gasteiger partial charge in [0.05, 0.1) is 27.0 Å². The van der Waals surface area contributed by atoms with E-state index in [4.69, 9.17) is 20.8 Å². The molecule has 0 aliphatic rings. The third-order valence-corrected chi connectivity index (χ3v) is 2.95. The van der Waals surface area contributed by atoms with E-state index < -0.39 is 5.97 Å². The summed E-state index contributed by atoms with van der Waals surface area (Å²) in [6.45, 7) is 0.275. The van der Waals surface area contributed by atoms with Crippen LogP contribution in [0.25, 0.3) is 11.0 Å². The summed E-state index contributed by atoms with van der Waals surface area (Å²) in [5, 5.41) is 4.37. The molecule has 0 fully saturated rings. The van der Waals surface area contributed by atoms with Gasteiger partial charge in [0.15, 0.2) is 5.52 Å². The summed E-state index contributed by atoms with van der Waals surface area (Å²) in [4.78, 5) is 23.3. The van der Waals surface area contributed by atoms with Gasteiger partial charge in [0.2, 0.25) is 11.2 Å². The van der Waals surface area contributed by atoms with Gasteiger partial charge >= 0.3 is 11.9 Å². The van der Waals surface area contributed by atoms with E-state index in [2.05, 4.69) is 24.8 Å². The largest absolute Gasteiger partial charge is 0.479 e. The summed E-state index contributed by atoms with van der Waals surface area (Å²) in [6.07, 6.45) is 3.02. The lowest BCUT2D eigenvalue weighted by molar-refractivity contribution is 0.0556. The number of carbonyl (C=O) groups is 1. The standard InChI is InChI=1S/C12H10ClN5O4/c1-20-9-8-7(15-12(13)16-9)4-18(17-8)3-6-5-22-10(14-6)11(19)21-2/h4-5H,3H2,1-2H3. The molecule has 3 aromatic heterocycles. The fraction of sp³-hybridized carbons (Fsp3) is 0.250. The third kappa shape index (κ3) is 2.58. The zero-order chi connectivity index (χ0) is 15.7. The van der Waals surface area contributed by atoms with Crippen molar-refractivity contribution in [2.75, 3.05) is 14.2 Å². The Balaban J connectivity index is 1.91. The number of rotatable bonds is 4. The van der Waals surface area contributed by atoms with E-state index >= 15 is 0 Å². The van der Waals surface area contributed by atoms with E-state index in [1.807, 2.05) is 0 Å². The molecular weight excluding hydrogens is 314 g/mol. The molecule has 0 aromatic carbocycles. The van der Waals surface area contributed by atoms with Gasteiger partial charge in [-0.1, -0.05) is 0 Å². The van der Waals surface area contributed by atoms with Crippen LogP contribution < -0.4 is 4.74 Å². The molecular formula is C12H10ClN5O4. The topological polar surface area (TPSA) is 105 Å². The highest BCUT2D eigenvalue weighted by Gasteiger charge is 2.15. The molecule has 10 heteroatoms. The summed E-state index contributed by atoms with van der Waals surface area (Å²) in [6, 6.07) is 0. The maximum absolute atomic E-state index is 11.3. The number of hydrogen-bond acceptors (Lipinski definition) is 8. The van der Waals surface area contributed by atoms with Gasteiger partial charge in [0.25, 0.3) is 0 Å². The molecule has 114 valence electrons. The van der Waals surface area contributed by atoms with Crippen LogP contribution in [0, 0.1) is 0 Å². The predicted octanol–water partition coefficient (Wildman–Crippen LogP) is 1.31. The molecule has 0 saturated heterocycles. The Morgan fingerprint density at radius 2 is 2.18 bits per heavy atom. The van der Waals surface area contributed by atoms with Crippen LogP contribution in [0.1, 0.15) is 16.4 Å². The first kappa shape index (κ1) is 14.3. The van der Waals surface area contributed by atoms with Crippen molar-refractivity contribution < 1.29 is 18.7 Å². The van der Waals surface area contributed by atoms with E-state index in [-0.39, 0.29) is 23.6 Å². The minimum atomic E-state index is -0.642. The molecule has 0 radical (unpaired) electrons. The monoisotopic (exact) mass is 323 g/mol. The number of nitrogens with zero attached hydrogens (tertiary/aromatic N) is 5. The highest BCUT2D eigenvalue weighted by Crippen LogP contribution is 2.22. The molecule has 0 saturated carbocycles. The number of oxazole rings is 1. The number of aromatic nitrogens is 5. The lowest BCUT2D eigenvalue weighted by Crippen LogP contribution is -2.04. The number of ether oxygens (including phenoxy) is 2. The van der Waals surface area contributed by atoms with Crippen molar-refractivity contribution in [3.63, 3.8) is 0 Å². The maximum Gasteiger partial charge on any atom is 0.394 e. The highest BCUT2D eigenvalue weighted by atomic mass is 35.5. The SMILES string of the molecule is COC(=O)c1nc(Cn2cc3nc(Cl)nc(OC)c3n2)co1. The van der Waals surface area contributed by atoms with Crippen LogP contribution in [0.5, 0.6) is 5.88 Å².